The number of hydrogen-bond acceptors (Lipinski definition) is 6. The number of aliphatic hydroxyl groups excluding tert-OH is 1. The van der Waals surface area contributed by atoms with Gasteiger partial charge in [0.1, 0.15) is 0 Å². The fourth-order valence-corrected chi connectivity index (χ4v) is 1.30. The van der Waals surface area contributed by atoms with Crippen molar-refractivity contribution in [2.24, 2.45) is 0 Å². The highest BCUT2D eigenvalue weighted by atomic mass is 16.5. The first kappa shape index (κ1) is 10.4. The fourth-order valence-electron chi connectivity index (χ4n) is 1.30. The molecule has 1 heterocycles. The highest BCUT2D eigenvalue weighted by molar-refractivity contribution is 5.78. The van der Waals surface area contributed by atoms with E-state index in [4.69, 9.17) is 10.2 Å². The Morgan fingerprint density at radius 3 is 2.44 bits per heavy atom. The summed E-state index contributed by atoms with van der Waals surface area (Å²) in [6, 6.07) is 2.22. The van der Waals surface area contributed by atoms with Gasteiger partial charge in [0.2, 0.25) is 6.29 Å². The largest absolute Gasteiger partial charge is 0.504 e. The van der Waals surface area contributed by atoms with Gasteiger partial charge in [0, 0.05) is 12.1 Å². The number of nitrogens with zero attached hydrogens (tertiary/aromatic N) is 1. The van der Waals surface area contributed by atoms with E-state index >= 15 is 0 Å². The van der Waals surface area contributed by atoms with Gasteiger partial charge >= 0.3 is 0 Å². The van der Waals surface area contributed by atoms with Crippen LogP contribution in [0.15, 0.2) is 16.9 Å². The van der Waals surface area contributed by atoms with E-state index < -0.39 is 29.0 Å². The second-order valence-electron chi connectivity index (χ2n) is 3.18. The third kappa shape index (κ3) is 1.58. The van der Waals surface area contributed by atoms with Crippen molar-refractivity contribution in [3.8, 4) is 11.5 Å². The molecular formula is C9H8N2O5. The Labute approximate surface area is 88.3 Å². The second-order valence-corrected chi connectivity index (χ2v) is 3.18. The molecule has 0 fully saturated rings. The van der Waals surface area contributed by atoms with Crippen molar-refractivity contribution in [2.75, 3.05) is 0 Å². The van der Waals surface area contributed by atoms with Crippen LogP contribution in [0.5, 0.6) is 11.5 Å². The molecule has 5 N–H and O–H groups in total. The number of benzene rings is 1. The van der Waals surface area contributed by atoms with Gasteiger partial charge in [-0.2, -0.15) is 0 Å². The summed E-state index contributed by atoms with van der Waals surface area (Å²) in [5.41, 5.74) is -0.923. The molecule has 84 valence electrons. The van der Waals surface area contributed by atoms with Crippen LogP contribution in [0.4, 0.5) is 0 Å². The number of aromatic hydroxyl groups is 2. The predicted molar refractivity (Wildman–Crippen MR) is 52.9 cm³/mol. The number of nitrogens with one attached hydrogen (secondary N) is 1. The minimum atomic E-state index is -2.00. The van der Waals surface area contributed by atoms with Crippen molar-refractivity contribution in [2.45, 2.75) is 6.29 Å². The lowest BCUT2D eigenvalue weighted by Crippen LogP contribution is -2.18. The molecular weight excluding hydrogens is 216 g/mol. The SMILES string of the molecule is O=c1[nH]c2cc(O)c(O)cc2nc1C(O)O. The number of aliphatic hydroxyl groups is 2. The van der Waals surface area contributed by atoms with E-state index in [2.05, 4.69) is 9.97 Å². The lowest BCUT2D eigenvalue weighted by Gasteiger charge is -2.05. The number of phenols is 2. The number of H-pyrrole nitrogens is 1. The number of aromatic amines is 1. The molecule has 1 aromatic heterocycles. The Kier molecular flexibility index (Phi) is 2.26. The predicted octanol–water partition coefficient (Wildman–Crippen LogP) is -0.683. The quantitative estimate of drug-likeness (QED) is 0.322. The minimum Gasteiger partial charge on any atom is -0.504 e. The van der Waals surface area contributed by atoms with Crippen molar-refractivity contribution < 1.29 is 20.4 Å². The lowest BCUT2D eigenvalue weighted by atomic mass is 10.2. The van der Waals surface area contributed by atoms with Gasteiger partial charge < -0.3 is 25.4 Å². The van der Waals surface area contributed by atoms with Crippen LogP contribution >= 0.6 is 0 Å². The smallest absolute Gasteiger partial charge is 0.275 e. The Balaban J connectivity index is 2.80. The third-order valence-corrected chi connectivity index (χ3v) is 2.06. The molecule has 0 spiro atoms. The van der Waals surface area contributed by atoms with Gasteiger partial charge in [-0.05, 0) is 0 Å². The van der Waals surface area contributed by atoms with E-state index in [1.165, 1.54) is 0 Å². The number of aromatic nitrogens is 2. The molecule has 7 heteroatoms. The van der Waals surface area contributed by atoms with Crippen LogP contribution < -0.4 is 5.56 Å². The molecule has 0 saturated carbocycles. The maximum atomic E-state index is 11.3. The number of rotatable bonds is 1. The van der Waals surface area contributed by atoms with Crippen molar-refractivity contribution in [1.82, 2.24) is 9.97 Å². The molecule has 7 nitrogen and oxygen atoms in total. The number of fused-ring (bicyclic) bond motifs is 1. The summed E-state index contributed by atoms with van der Waals surface area (Å²) in [4.78, 5) is 17.2. The Morgan fingerprint density at radius 2 is 1.81 bits per heavy atom. The monoisotopic (exact) mass is 224 g/mol. The van der Waals surface area contributed by atoms with Gasteiger partial charge in [-0.25, -0.2) is 4.98 Å². The maximum Gasteiger partial charge on any atom is 0.275 e. The molecule has 0 amide bonds. The summed E-state index contributed by atoms with van der Waals surface area (Å²) in [7, 11) is 0. The van der Waals surface area contributed by atoms with E-state index in [1.54, 1.807) is 0 Å². The molecule has 2 rings (SSSR count). The topological polar surface area (TPSA) is 127 Å². The maximum absolute atomic E-state index is 11.3. The molecule has 1 aromatic carbocycles. The molecule has 0 saturated heterocycles. The number of phenolic OH excluding ortho intramolecular Hbond substituents is 2. The van der Waals surface area contributed by atoms with Gasteiger partial charge in [-0.1, -0.05) is 0 Å². The van der Waals surface area contributed by atoms with E-state index in [9.17, 15) is 15.0 Å². The van der Waals surface area contributed by atoms with Gasteiger partial charge in [0.15, 0.2) is 17.2 Å². The van der Waals surface area contributed by atoms with Crippen molar-refractivity contribution >= 4 is 11.0 Å². The molecule has 0 radical (unpaired) electrons. The van der Waals surface area contributed by atoms with Crippen molar-refractivity contribution in [3.63, 3.8) is 0 Å². The second kappa shape index (κ2) is 3.47. The van der Waals surface area contributed by atoms with Gasteiger partial charge in [-0.3, -0.25) is 4.79 Å². The standard InChI is InChI=1S/C9H8N2O5/c12-5-1-3-4(2-6(5)13)11-8(14)7(10-3)9(15)16/h1-2,9,12-13,15-16H,(H,11,14). The first-order valence-corrected chi connectivity index (χ1v) is 4.31. The summed E-state index contributed by atoms with van der Waals surface area (Å²) in [6.07, 6.45) is -2.00. The first-order chi connectivity index (χ1) is 7.49. The Morgan fingerprint density at radius 1 is 1.19 bits per heavy atom. The summed E-state index contributed by atoms with van der Waals surface area (Å²) in [6.45, 7) is 0. The third-order valence-electron chi connectivity index (χ3n) is 2.06. The van der Waals surface area contributed by atoms with Gasteiger partial charge in [0.25, 0.3) is 5.56 Å². The Hall–Kier alpha value is -2.12. The van der Waals surface area contributed by atoms with E-state index in [1.807, 2.05) is 0 Å². The molecule has 0 atom stereocenters. The molecule has 0 unspecified atom stereocenters. The Bertz CT molecular complexity index is 605. The van der Waals surface area contributed by atoms with Gasteiger partial charge in [0.05, 0.1) is 11.0 Å². The average molecular weight is 224 g/mol. The van der Waals surface area contributed by atoms with E-state index in [0.29, 0.717) is 0 Å². The molecule has 0 aliphatic heterocycles. The highest BCUT2D eigenvalue weighted by Crippen LogP contribution is 2.27. The molecule has 2 aromatic rings. The molecule has 0 bridgehead atoms. The van der Waals surface area contributed by atoms with Crippen LogP contribution in [0.25, 0.3) is 11.0 Å². The zero-order valence-corrected chi connectivity index (χ0v) is 7.88. The van der Waals surface area contributed by atoms with E-state index in [0.717, 1.165) is 12.1 Å². The zero-order valence-electron chi connectivity index (χ0n) is 7.88. The summed E-state index contributed by atoms with van der Waals surface area (Å²) in [5, 5.41) is 36.1. The van der Waals surface area contributed by atoms with Crippen LogP contribution in [0, 0.1) is 0 Å². The summed E-state index contributed by atoms with van der Waals surface area (Å²) < 4.78 is 0. The highest BCUT2D eigenvalue weighted by Gasteiger charge is 2.12. The normalized spacial score (nSPS) is 11.2. The first-order valence-electron chi connectivity index (χ1n) is 4.31. The minimum absolute atomic E-state index is 0.137. The number of hydrogen-bond donors (Lipinski definition) is 5. The lowest BCUT2D eigenvalue weighted by molar-refractivity contribution is -0.0467. The molecule has 0 aliphatic carbocycles. The van der Waals surface area contributed by atoms with Crippen molar-refractivity contribution in [1.29, 1.82) is 0 Å². The zero-order chi connectivity index (χ0) is 11.9. The van der Waals surface area contributed by atoms with Gasteiger partial charge in [-0.15, -0.1) is 0 Å². The average Bonchev–Trinajstić information content (AvgIpc) is 2.19. The van der Waals surface area contributed by atoms with Crippen LogP contribution in [0.3, 0.4) is 0 Å². The molecule has 16 heavy (non-hydrogen) atoms. The van der Waals surface area contributed by atoms with Crippen LogP contribution in [-0.4, -0.2) is 30.4 Å². The fraction of sp³-hybridized carbons (Fsp3) is 0.111. The van der Waals surface area contributed by atoms with Crippen LogP contribution in [0.2, 0.25) is 0 Å². The van der Waals surface area contributed by atoms with Crippen LogP contribution in [0.1, 0.15) is 12.0 Å². The summed E-state index contributed by atoms with van der Waals surface area (Å²) >= 11 is 0. The summed E-state index contributed by atoms with van der Waals surface area (Å²) in [5.74, 6) is -0.812. The van der Waals surface area contributed by atoms with Crippen molar-refractivity contribution in [3.05, 3.63) is 28.2 Å². The molecule has 0 aliphatic rings. The van der Waals surface area contributed by atoms with Crippen LogP contribution in [-0.2, 0) is 0 Å². The van der Waals surface area contributed by atoms with E-state index in [-0.39, 0.29) is 11.0 Å².